The van der Waals surface area contributed by atoms with Crippen LogP contribution in [0.5, 0.6) is 0 Å². The minimum Gasteiger partial charge on any atom is -0.451 e. The minimum atomic E-state index is 0.304. The Labute approximate surface area is 117 Å². The number of rotatable bonds is 4. The molecular formula is C15H17N3O2. The van der Waals surface area contributed by atoms with Gasteiger partial charge in [0.2, 0.25) is 0 Å². The monoisotopic (exact) mass is 271 g/mol. The van der Waals surface area contributed by atoms with Crippen molar-refractivity contribution in [1.29, 1.82) is 0 Å². The normalized spacial score (nSPS) is 12.9. The highest BCUT2D eigenvalue weighted by atomic mass is 16.5. The number of likely N-dealkylation sites (N-methyl/N-ethyl adjacent to an activating group) is 1. The molecule has 0 aliphatic heterocycles. The Morgan fingerprint density at radius 2 is 2.20 bits per heavy atom. The second-order valence-corrected chi connectivity index (χ2v) is 5.01. The molecule has 0 aliphatic rings. The lowest BCUT2D eigenvalue weighted by molar-refractivity contribution is 0.408. The number of nitrogens with one attached hydrogen (secondary N) is 1. The van der Waals surface area contributed by atoms with E-state index in [2.05, 4.69) is 22.4 Å². The topological polar surface area (TPSA) is 64.1 Å². The Balaban J connectivity index is 1.93. The van der Waals surface area contributed by atoms with E-state index >= 15 is 0 Å². The summed E-state index contributed by atoms with van der Waals surface area (Å²) in [6.07, 6.45) is 0.721. The standard InChI is InChI=1S/C15H17N3O2/c1-9-5-4-6-11-8-12(19-14(9)11)15-17-13(18-20-15)7-10(2)16-3/h4-6,8,10,16H,7H2,1-3H3. The predicted octanol–water partition coefficient (Wildman–Crippen LogP) is 2.94. The zero-order valence-electron chi connectivity index (χ0n) is 11.8. The Bertz CT molecular complexity index is 730. The molecular weight excluding hydrogens is 254 g/mol. The number of aryl methyl sites for hydroxylation is 1. The molecule has 20 heavy (non-hydrogen) atoms. The molecule has 0 bridgehead atoms. The van der Waals surface area contributed by atoms with E-state index in [1.165, 1.54) is 0 Å². The first kappa shape index (κ1) is 12.9. The Hall–Kier alpha value is -2.14. The van der Waals surface area contributed by atoms with Crippen LogP contribution in [0.3, 0.4) is 0 Å². The zero-order chi connectivity index (χ0) is 14.1. The largest absolute Gasteiger partial charge is 0.451 e. The van der Waals surface area contributed by atoms with Gasteiger partial charge >= 0.3 is 0 Å². The van der Waals surface area contributed by atoms with Gasteiger partial charge in [0.1, 0.15) is 5.58 Å². The quantitative estimate of drug-likeness (QED) is 0.790. The fourth-order valence-electron chi connectivity index (χ4n) is 2.13. The fraction of sp³-hybridized carbons (Fsp3) is 0.333. The maximum Gasteiger partial charge on any atom is 0.293 e. The van der Waals surface area contributed by atoms with Crippen molar-refractivity contribution in [3.8, 4) is 11.7 Å². The summed E-state index contributed by atoms with van der Waals surface area (Å²) in [6.45, 7) is 4.09. The van der Waals surface area contributed by atoms with Crippen LogP contribution in [0.4, 0.5) is 0 Å². The maximum atomic E-state index is 5.82. The van der Waals surface area contributed by atoms with E-state index in [1.807, 2.05) is 38.2 Å². The molecule has 0 amide bonds. The molecule has 2 aromatic heterocycles. The molecule has 2 heterocycles. The maximum absolute atomic E-state index is 5.82. The molecule has 0 aliphatic carbocycles. The highest BCUT2D eigenvalue weighted by molar-refractivity contribution is 5.83. The molecule has 104 valence electrons. The van der Waals surface area contributed by atoms with Gasteiger partial charge in [-0.25, -0.2) is 0 Å². The van der Waals surface area contributed by atoms with Gasteiger partial charge in [0.15, 0.2) is 11.6 Å². The van der Waals surface area contributed by atoms with Gasteiger partial charge in [-0.1, -0.05) is 23.4 Å². The molecule has 1 atom stereocenters. The Morgan fingerprint density at radius 3 is 2.95 bits per heavy atom. The van der Waals surface area contributed by atoms with Gasteiger partial charge in [-0.05, 0) is 32.5 Å². The lowest BCUT2D eigenvalue weighted by Gasteiger charge is -2.04. The van der Waals surface area contributed by atoms with Crippen molar-refractivity contribution in [1.82, 2.24) is 15.5 Å². The van der Waals surface area contributed by atoms with Crippen LogP contribution in [0, 0.1) is 6.92 Å². The van der Waals surface area contributed by atoms with Crippen LogP contribution in [-0.4, -0.2) is 23.2 Å². The Morgan fingerprint density at radius 1 is 1.35 bits per heavy atom. The summed E-state index contributed by atoms with van der Waals surface area (Å²) in [7, 11) is 1.91. The van der Waals surface area contributed by atoms with Gasteiger partial charge in [-0.3, -0.25) is 0 Å². The van der Waals surface area contributed by atoms with Gasteiger partial charge in [0.25, 0.3) is 5.89 Å². The van der Waals surface area contributed by atoms with Gasteiger partial charge in [-0.15, -0.1) is 0 Å². The third-order valence-electron chi connectivity index (χ3n) is 3.40. The van der Waals surface area contributed by atoms with E-state index in [1.54, 1.807) is 0 Å². The summed E-state index contributed by atoms with van der Waals surface area (Å²) >= 11 is 0. The molecule has 1 unspecified atom stereocenters. The third kappa shape index (κ3) is 2.32. The Kier molecular flexibility index (Phi) is 3.28. The van der Waals surface area contributed by atoms with E-state index in [0.717, 1.165) is 23.0 Å². The highest BCUT2D eigenvalue weighted by Gasteiger charge is 2.15. The first-order valence-corrected chi connectivity index (χ1v) is 6.66. The molecule has 0 saturated carbocycles. The fourth-order valence-corrected chi connectivity index (χ4v) is 2.13. The van der Waals surface area contributed by atoms with Crippen LogP contribution < -0.4 is 5.32 Å². The van der Waals surface area contributed by atoms with E-state index in [-0.39, 0.29) is 0 Å². The van der Waals surface area contributed by atoms with Gasteiger partial charge in [0.05, 0.1) is 0 Å². The lowest BCUT2D eigenvalue weighted by Crippen LogP contribution is -2.24. The molecule has 0 saturated heterocycles. The molecule has 5 heteroatoms. The summed E-state index contributed by atoms with van der Waals surface area (Å²) in [5.41, 5.74) is 1.96. The number of benzene rings is 1. The van der Waals surface area contributed by atoms with Crippen molar-refractivity contribution in [3.63, 3.8) is 0 Å². The highest BCUT2D eigenvalue weighted by Crippen LogP contribution is 2.28. The minimum absolute atomic E-state index is 0.304. The number of fused-ring (bicyclic) bond motifs is 1. The number of hydrogen-bond donors (Lipinski definition) is 1. The summed E-state index contributed by atoms with van der Waals surface area (Å²) in [5.74, 6) is 1.73. The van der Waals surface area contributed by atoms with Crippen LogP contribution in [-0.2, 0) is 6.42 Å². The molecule has 0 radical (unpaired) electrons. The lowest BCUT2D eigenvalue weighted by atomic mass is 10.2. The summed E-state index contributed by atoms with van der Waals surface area (Å²) < 4.78 is 11.1. The summed E-state index contributed by atoms with van der Waals surface area (Å²) in [4.78, 5) is 4.38. The molecule has 0 fully saturated rings. The average molecular weight is 271 g/mol. The van der Waals surface area contributed by atoms with Gasteiger partial charge in [0, 0.05) is 17.8 Å². The smallest absolute Gasteiger partial charge is 0.293 e. The predicted molar refractivity (Wildman–Crippen MR) is 76.5 cm³/mol. The van der Waals surface area contributed by atoms with Crippen LogP contribution in [0.25, 0.3) is 22.6 Å². The number of aromatic nitrogens is 2. The SMILES string of the molecule is CNC(C)Cc1noc(-c2cc3cccc(C)c3o2)n1. The van der Waals surface area contributed by atoms with Crippen LogP contribution in [0.2, 0.25) is 0 Å². The third-order valence-corrected chi connectivity index (χ3v) is 3.40. The first-order valence-electron chi connectivity index (χ1n) is 6.66. The zero-order valence-corrected chi connectivity index (χ0v) is 11.8. The van der Waals surface area contributed by atoms with Crippen molar-refractivity contribution < 1.29 is 8.94 Å². The first-order chi connectivity index (χ1) is 9.67. The van der Waals surface area contributed by atoms with E-state index in [9.17, 15) is 0 Å². The second-order valence-electron chi connectivity index (χ2n) is 5.01. The number of hydrogen-bond acceptors (Lipinski definition) is 5. The molecule has 3 aromatic rings. The van der Waals surface area contributed by atoms with E-state index < -0.39 is 0 Å². The van der Waals surface area contributed by atoms with Crippen LogP contribution in [0.1, 0.15) is 18.3 Å². The number of furan rings is 1. The van der Waals surface area contributed by atoms with Gasteiger partial charge < -0.3 is 14.3 Å². The van der Waals surface area contributed by atoms with E-state index in [4.69, 9.17) is 8.94 Å². The molecule has 1 N–H and O–H groups in total. The van der Waals surface area contributed by atoms with Crippen molar-refractivity contribution >= 4 is 11.0 Å². The van der Waals surface area contributed by atoms with E-state index in [0.29, 0.717) is 23.5 Å². The van der Waals surface area contributed by atoms with Gasteiger partial charge in [-0.2, -0.15) is 4.98 Å². The number of nitrogens with zero attached hydrogens (tertiary/aromatic N) is 2. The molecule has 5 nitrogen and oxygen atoms in total. The van der Waals surface area contributed by atoms with Crippen molar-refractivity contribution in [3.05, 3.63) is 35.7 Å². The molecule has 1 aromatic carbocycles. The van der Waals surface area contributed by atoms with Crippen molar-refractivity contribution in [2.24, 2.45) is 0 Å². The van der Waals surface area contributed by atoms with Crippen molar-refractivity contribution in [2.45, 2.75) is 26.3 Å². The summed E-state index contributed by atoms with van der Waals surface area (Å²) in [6, 6.07) is 8.27. The van der Waals surface area contributed by atoms with Crippen LogP contribution in [0.15, 0.2) is 33.2 Å². The van der Waals surface area contributed by atoms with Crippen LogP contribution >= 0.6 is 0 Å². The van der Waals surface area contributed by atoms with Crippen molar-refractivity contribution in [2.75, 3.05) is 7.05 Å². The molecule has 0 spiro atoms. The molecule has 3 rings (SSSR count). The summed E-state index contributed by atoms with van der Waals surface area (Å²) in [5, 5.41) is 8.18. The second kappa shape index (κ2) is 5.09. The average Bonchev–Trinajstić information content (AvgIpc) is 3.05. The number of para-hydroxylation sites is 1.